The zero-order chi connectivity index (χ0) is 14.5. The molecule has 0 bridgehead atoms. The van der Waals surface area contributed by atoms with Crippen LogP contribution in [0.4, 0.5) is 0 Å². The second-order valence-corrected chi connectivity index (χ2v) is 7.20. The molecule has 1 aliphatic rings. The molecule has 0 amide bonds. The molecule has 0 aromatic heterocycles. The first-order valence-electron chi connectivity index (χ1n) is 7.65. The van der Waals surface area contributed by atoms with Crippen LogP contribution < -0.4 is 5.32 Å². The quantitative estimate of drug-likeness (QED) is 0.802. The number of likely N-dealkylation sites (tertiary alicyclic amines) is 1. The number of nitriles is 1. The molecular formula is C16H31N3. The Morgan fingerprint density at radius 1 is 1.42 bits per heavy atom. The van der Waals surface area contributed by atoms with Gasteiger partial charge in [-0.15, -0.1) is 0 Å². The molecule has 3 heteroatoms. The first-order valence-corrected chi connectivity index (χ1v) is 7.65. The summed E-state index contributed by atoms with van der Waals surface area (Å²) in [5.41, 5.74) is 0.311. The van der Waals surface area contributed by atoms with Crippen molar-refractivity contribution in [2.45, 2.75) is 40.5 Å². The summed E-state index contributed by atoms with van der Waals surface area (Å²) in [4.78, 5) is 2.45. The molecule has 0 aliphatic carbocycles. The Balaban J connectivity index is 2.40. The Bertz CT molecular complexity index is 304. The normalized spacial score (nSPS) is 23.3. The van der Waals surface area contributed by atoms with Gasteiger partial charge in [0.2, 0.25) is 0 Å². The molecule has 19 heavy (non-hydrogen) atoms. The highest BCUT2D eigenvalue weighted by Crippen LogP contribution is 2.33. The minimum atomic E-state index is 0.129. The van der Waals surface area contributed by atoms with E-state index in [1.165, 1.54) is 25.9 Å². The maximum atomic E-state index is 9.11. The Hall–Kier alpha value is -0.590. The molecule has 1 saturated heterocycles. The lowest BCUT2D eigenvalue weighted by atomic mass is 9.74. The van der Waals surface area contributed by atoms with Crippen LogP contribution in [0.1, 0.15) is 40.5 Å². The van der Waals surface area contributed by atoms with Gasteiger partial charge in [-0.3, -0.25) is 0 Å². The van der Waals surface area contributed by atoms with Crippen LogP contribution in [-0.4, -0.2) is 38.1 Å². The average molecular weight is 265 g/mol. The van der Waals surface area contributed by atoms with Crippen molar-refractivity contribution in [1.82, 2.24) is 10.2 Å². The summed E-state index contributed by atoms with van der Waals surface area (Å²) in [5.74, 6) is 1.32. The molecule has 1 aliphatic heterocycles. The van der Waals surface area contributed by atoms with E-state index in [0.29, 0.717) is 11.3 Å². The van der Waals surface area contributed by atoms with Crippen LogP contribution in [0.5, 0.6) is 0 Å². The molecule has 3 nitrogen and oxygen atoms in total. The van der Waals surface area contributed by atoms with Crippen molar-refractivity contribution in [3.63, 3.8) is 0 Å². The van der Waals surface area contributed by atoms with Crippen molar-refractivity contribution in [3.05, 3.63) is 0 Å². The number of hydrogen-bond donors (Lipinski definition) is 1. The van der Waals surface area contributed by atoms with E-state index in [2.05, 4.69) is 51.0 Å². The first kappa shape index (κ1) is 16.5. The van der Waals surface area contributed by atoms with E-state index in [4.69, 9.17) is 5.26 Å². The minimum absolute atomic E-state index is 0.129. The monoisotopic (exact) mass is 265 g/mol. The molecule has 1 heterocycles. The Kier molecular flexibility index (Phi) is 6.29. The van der Waals surface area contributed by atoms with E-state index in [1.807, 2.05) is 0 Å². The fourth-order valence-electron chi connectivity index (χ4n) is 2.93. The SMILES string of the molecule is CC(C)C(C#N)CNCC(C)(C)C1CCCN(C)C1. The van der Waals surface area contributed by atoms with Crippen LogP contribution in [0.2, 0.25) is 0 Å². The van der Waals surface area contributed by atoms with Gasteiger partial charge in [0.05, 0.1) is 12.0 Å². The van der Waals surface area contributed by atoms with Gasteiger partial charge in [0.1, 0.15) is 0 Å². The van der Waals surface area contributed by atoms with Crippen LogP contribution in [-0.2, 0) is 0 Å². The summed E-state index contributed by atoms with van der Waals surface area (Å²) in [5, 5.41) is 12.6. The largest absolute Gasteiger partial charge is 0.315 e. The molecule has 1 rings (SSSR count). The Morgan fingerprint density at radius 2 is 2.11 bits per heavy atom. The molecule has 0 spiro atoms. The number of nitrogens with zero attached hydrogens (tertiary/aromatic N) is 2. The Morgan fingerprint density at radius 3 is 2.63 bits per heavy atom. The molecule has 2 unspecified atom stereocenters. The van der Waals surface area contributed by atoms with E-state index in [0.717, 1.165) is 19.0 Å². The lowest BCUT2D eigenvalue weighted by molar-refractivity contribution is 0.102. The summed E-state index contributed by atoms with van der Waals surface area (Å²) in [6.07, 6.45) is 2.66. The van der Waals surface area contributed by atoms with Crippen LogP contribution in [0.3, 0.4) is 0 Å². The molecule has 0 aromatic carbocycles. The predicted molar refractivity (Wildman–Crippen MR) is 80.8 cm³/mol. The number of hydrogen-bond acceptors (Lipinski definition) is 3. The van der Waals surface area contributed by atoms with Crippen LogP contribution in [0, 0.1) is 34.5 Å². The lowest BCUT2D eigenvalue weighted by Gasteiger charge is -2.40. The first-order chi connectivity index (χ1) is 8.86. The standard InChI is InChI=1S/C16H31N3/c1-13(2)14(9-17)10-18-12-16(3,4)15-7-6-8-19(5)11-15/h13-15,18H,6-8,10-12H2,1-5H3. The van der Waals surface area contributed by atoms with Gasteiger partial charge in [0, 0.05) is 19.6 Å². The molecule has 0 aromatic rings. The van der Waals surface area contributed by atoms with Crippen LogP contribution in [0.15, 0.2) is 0 Å². The van der Waals surface area contributed by atoms with Gasteiger partial charge in [-0.2, -0.15) is 5.26 Å². The van der Waals surface area contributed by atoms with Gasteiger partial charge < -0.3 is 10.2 Å². The van der Waals surface area contributed by atoms with Gasteiger partial charge in [-0.1, -0.05) is 27.7 Å². The molecular weight excluding hydrogens is 234 g/mol. The second kappa shape index (κ2) is 7.26. The molecule has 0 saturated carbocycles. The Labute approximate surface area is 119 Å². The van der Waals surface area contributed by atoms with Crippen LogP contribution in [0.25, 0.3) is 0 Å². The third-order valence-corrected chi connectivity index (χ3v) is 4.65. The van der Waals surface area contributed by atoms with Gasteiger partial charge in [0.15, 0.2) is 0 Å². The molecule has 1 N–H and O–H groups in total. The van der Waals surface area contributed by atoms with E-state index in [1.54, 1.807) is 0 Å². The fourth-order valence-corrected chi connectivity index (χ4v) is 2.93. The van der Waals surface area contributed by atoms with Crippen molar-refractivity contribution in [2.75, 3.05) is 33.2 Å². The number of piperidine rings is 1. The van der Waals surface area contributed by atoms with Crippen molar-refractivity contribution in [1.29, 1.82) is 5.26 Å². The summed E-state index contributed by atoms with van der Waals surface area (Å²) >= 11 is 0. The van der Waals surface area contributed by atoms with E-state index >= 15 is 0 Å². The highest BCUT2D eigenvalue weighted by atomic mass is 15.1. The van der Waals surface area contributed by atoms with Crippen molar-refractivity contribution >= 4 is 0 Å². The highest BCUT2D eigenvalue weighted by Gasteiger charge is 2.32. The molecule has 1 fully saturated rings. The zero-order valence-electron chi connectivity index (χ0n) is 13.4. The average Bonchev–Trinajstić information content (AvgIpc) is 2.34. The topological polar surface area (TPSA) is 39.1 Å². The maximum absolute atomic E-state index is 9.11. The second-order valence-electron chi connectivity index (χ2n) is 7.20. The third-order valence-electron chi connectivity index (χ3n) is 4.65. The van der Waals surface area contributed by atoms with Gasteiger partial charge in [-0.25, -0.2) is 0 Å². The third kappa shape index (κ3) is 5.12. The molecule has 2 atom stereocenters. The summed E-state index contributed by atoms with van der Waals surface area (Å²) in [7, 11) is 2.22. The number of rotatable bonds is 6. The van der Waals surface area contributed by atoms with Crippen molar-refractivity contribution < 1.29 is 0 Å². The highest BCUT2D eigenvalue weighted by molar-refractivity contribution is 4.89. The molecule has 110 valence electrons. The van der Waals surface area contributed by atoms with E-state index in [-0.39, 0.29) is 5.92 Å². The van der Waals surface area contributed by atoms with Gasteiger partial charge >= 0.3 is 0 Å². The van der Waals surface area contributed by atoms with Gasteiger partial charge in [-0.05, 0) is 43.7 Å². The summed E-state index contributed by atoms with van der Waals surface area (Å²) < 4.78 is 0. The van der Waals surface area contributed by atoms with E-state index < -0.39 is 0 Å². The van der Waals surface area contributed by atoms with Gasteiger partial charge in [0.25, 0.3) is 0 Å². The minimum Gasteiger partial charge on any atom is -0.315 e. The van der Waals surface area contributed by atoms with Crippen molar-refractivity contribution in [2.24, 2.45) is 23.2 Å². The number of nitrogens with one attached hydrogen (secondary N) is 1. The smallest absolute Gasteiger partial charge is 0.0671 e. The summed E-state index contributed by atoms with van der Waals surface area (Å²) in [6, 6.07) is 2.40. The maximum Gasteiger partial charge on any atom is 0.0671 e. The molecule has 0 radical (unpaired) electrons. The predicted octanol–water partition coefficient (Wildman–Crippen LogP) is 2.74. The van der Waals surface area contributed by atoms with Crippen LogP contribution >= 0.6 is 0 Å². The lowest BCUT2D eigenvalue weighted by Crippen LogP contribution is -2.44. The zero-order valence-corrected chi connectivity index (χ0v) is 13.4. The summed E-state index contributed by atoms with van der Waals surface area (Å²) in [6.45, 7) is 13.2. The van der Waals surface area contributed by atoms with E-state index in [9.17, 15) is 0 Å². The fraction of sp³-hybridized carbons (Fsp3) is 0.938. The van der Waals surface area contributed by atoms with Crippen molar-refractivity contribution in [3.8, 4) is 6.07 Å².